The van der Waals surface area contributed by atoms with Crippen molar-refractivity contribution in [3.8, 4) is 16.9 Å². The van der Waals surface area contributed by atoms with Crippen LogP contribution in [-0.4, -0.2) is 36.0 Å². The highest BCUT2D eigenvalue weighted by Crippen LogP contribution is 2.57. The van der Waals surface area contributed by atoms with Gasteiger partial charge in [0.05, 0.1) is 16.8 Å². The molecule has 0 bridgehead atoms. The van der Waals surface area contributed by atoms with Crippen LogP contribution in [0.5, 0.6) is 0 Å². The molecule has 1 N–H and O–H groups in total. The molecule has 1 saturated carbocycles. The molecule has 8 nitrogen and oxygen atoms in total. The summed E-state index contributed by atoms with van der Waals surface area (Å²) in [6.45, 7) is 3.14. The first-order chi connectivity index (χ1) is 19.8. The highest BCUT2D eigenvalue weighted by Gasteiger charge is 2.45. The molecular formula is C30H22ClF2N3O5S. The van der Waals surface area contributed by atoms with E-state index >= 15 is 8.78 Å². The Hall–Kier alpha value is -4.22. The molecule has 2 atom stereocenters. The van der Waals surface area contributed by atoms with Gasteiger partial charge in [-0.3, -0.25) is 29.3 Å². The SMILES string of the molecule is Cc1cnc(-c2cccc(S(C)(=O)=O)c2F)c(F)c1-n1c(C)cc([C@H]2C[C@@H]2c2cccc3c2C(=O)NC3=O)c(Cl)c1=O. The van der Waals surface area contributed by atoms with E-state index in [1.807, 2.05) is 0 Å². The van der Waals surface area contributed by atoms with Crippen LogP contribution in [0.3, 0.4) is 0 Å². The monoisotopic (exact) mass is 609 g/mol. The average molecular weight is 610 g/mol. The number of hydrogen-bond donors (Lipinski definition) is 1. The molecule has 2 aromatic carbocycles. The Morgan fingerprint density at radius 3 is 2.33 bits per heavy atom. The number of carbonyl (C=O) groups is 2. The van der Waals surface area contributed by atoms with Gasteiger partial charge in [0.2, 0.25) is 0 Å². The molecule has 0 unspecified atom stereocenters. The van der Waals surface area contributed by atoms with E-state index in [-0.39, 0.29) is 33.7 Å². The van der Waals surface area contributed by atoms with Gasteiger partial charge in [-0.15, -0.1) is 0 Å². The number of nitrogens with one attached hydrogen (secondary N) is 1. The lowest BCUT2D eigenvalue weighted by Gasteiger charge is -2.18. The summed E-state index contributed by atoms with van der Waals surface area (Å²) in [6, 6.07) is 10.3. The molecular weight excluding hydrogens is 588 g/mol. The van der Waals surface area contributed by atoms with E-state index in [2.05, 4.69) is 10.3 Å². The standard InChI is InChI=1S/C30H22ClF2N3O5S/c1-13-12-34-26(17-8-5-9-21(24(17)32)42(3,40)41)25(33)27(13)36-14(2)10-20(23(31)30(36)39)19-11-18(19)15-6-4-7-16-22(15)29(38)35-28(16)37/h4-10,12,18-19H,11H2,1-3H3,(H,35,37,38)/t18-,19+/m1/s1. The quantitative estimate of drug-likeness (QED) is 0.318. The van der Waals surface area contributed by atoms with Crippen molar-refractivity contribution < 1.29 is 26.8 Å². The van der Waals surface area contributed by atoms with Gasteiger partial charge in [-0.1, -0.05) is 29.8 Å². The van der Waals surface area contributed by atoms with Crippen molar-refractivity contribution in [2.24, 2.45) is 0 Å². The first kappa shape index (κ1) is 27.9. The normalized spacial score (nSPS) is 17.8. The molecule has 1 aliphatic heterocycles. The van der Waals surface area contributed by atoms with Crippen molar-refractivity contribution in [3.05, 3.63) is 109 Å². The van der Waals surface area contributed by atoms with Gasteiger partial charge < -0.3 is 0 Å². The number of halogens is 3. The van der Waals surface area contributed by atoms with Crippen molar-refractivity contribution in [2.75, 3.05) is 6.26 Å². The Morgan fingerprint density at radius 1 is 0.952 bits per heavy atom. The van der Waals surface area contributed by atoms with Crippen LogP contribution < -0.4 is 10.9 Å². The van der Waals surface area contributed by atoms with E-state index in [1.165, 1.54) is 25.3 Å². The first-order valence-corrected chi connectivity index (χ1v) is 15.1. The Balaban J connectivity index is 1.44. The van der Waals surface area contributed by atoms with E-state index in [0.29, 0.717) is 34.4 Å². The van der Waals surface area contributed by atoms with Crippen LogP contribution in [0.4, 0.5) is 8.78 Å². The van der Waals surface area contributed by atoms with Crippen LogP contribution in [0.15, 0.2) is 58.4 Å². The molecule has 2 aromatic heterocycles. The highest BCUT2D eigenvalue weighted by molar-refractivity contribution is 7.90. The van der Waals surface area contributed by atoms with Gasteiger partial charge in [-0.25, -0.2) is 17.2 Å². The Labute approximate surface area is 243 Å². The van der Waals surface area contributed by atoms with Crippen LogP contribution in [0, 0.1) is 25.5 Å². The molecule has 6 rings (SSSR count). The summed E-state index contributed by atoms with van der Waals surface area (Å²) in [7, 11) is -3.94. The van der Waals surface area contributed by atoms with E-state index in [1.54, 1.807) is 31.2 Å². The minimum Gasteiger partial charge on any atom is -0.288 e. The fourth-order valence-electron chi connectivity index (χ4n) is 5.73. The smallest absolute Gasteiger partial charge is 0.274 e. The lowest BCUT2D eigenvalue weighted by atomic mass is 9.96. The number of amides is 2. The van der Waals surface area contributed by atoms with Gasteiger partial charge in [-0.2, -0.15) is 0 Å². The lowest BCUT2D eigenvalue weighted by Crippen LogP contribution is -2.24. The molecule has 2 aliphatic rings. The number of hydrogen-bond acceptors (Lipinski definition) is 6. The zero-order valence-electron chi connectivity index (χ0n) is 22.5. The average Bonchev–Trinajstić information content (AvgIpc) is 3.66. The number of pyridine rings is 2. The Morgan fingerprint density at radius 2 is 1.62 bits per heavy atom. The second kappa shape index (κ2) is 9.67. The predicted molar refractivity (Wildman–Crippen MR) is 151 cm³/mol. The fourth-order valence-corrected chi connectivity index (χ4v) is 6.77. The minimum atomic E-state index is -3.94. The molecule has 1 aliphatic carbocycles. The zero-order valence-corrected chi connectivity index (χ0v) is 24.0. The Bertz CT molecular complexity index is 2060. The third-order valence-corrected chi connectivity index (χ3v) is 9.26. The molecule has 4 aromatic rings. The van der Waals surface area contributed by atoms with Gasteiger partial charge in [0.1, 0.15) is 15.6 Å². The molecule has 12 heteroatoms. The molecule has 0 spiro atoms. The molecule has 214 valence electrons. The predicted octanol–water partition coefficient (Wildman–Crippen LogP) is 5.01. The van der Waals surface area contributed by atoms with Gasteiger partial charge in [0, 0.05) is 23.7 Å². The van der Waals surface area contributed by atoms with Crippen molar-refractivity contribution >= 4 is 33.3 Å². The van der Waals surface area contributed by atoms with E-state index in [9.17, 15) is 22.8 Å². The van der Waals surface area contributed by atoms with Crippen molar-refractivity contribution in [3.63, 3.8) is 0 Å². The second-order valence-corrected chi connectivity index (χ2v) is 12.9. The van der Waals surface area contributed by atoms with E-state index in [0.717, 1.165) is 16.9 Å². The van der Waals surface area contributed by atoms with Gasteiger partial charge in [0.25, 0.3) is 17.4 Å². The van der Waals surface area contributed by atoms with Crippen LogP contribution in [0.25, 0.3) is 16.9 Å². The minimum absolute atomic E-state index is 0.136. The summed E-state index contributed by atoms with van der Waals surface area (Å²) >= 11 is 6.60. The van der Waals surface area contributed by atoms with Crippen LogP contribution in [0.1, 0.15) is 61.4 Å². The molecule has 3 heterocycles. The zero-order chi connectivity index (χ0) is 30.2. The maximum atomic E-state index is 16.1. The van der Waals surface area contributed by atoms with Gasteiger partial charge in [0.15, 0.2) is 21.5 Å². The second-order valence-electron chi connectivity index (χ2n) is 10.5. The number of carbonyl (C=O) groups excluding carboxylic acids is 2. The number of sulfone groups is 1. The third kappa shape index (κ3) is 4.26. The molecule has 42 heavy (non-hydrogen) atoms. The molecule has 0 radical (unpaired) electrons. The topological polar surface area (TPSA) is 115 Å². The van der Waals surface area contributed by atoms with E-state index < -0.39 is 49.4 Å². The summed E-state index contributed by atoms with van der Waals surface area (Å²) in [5, 5.41) is 2.17. The largest absolute Gasteiger partial charge is 0.288 e. The highest BCUT2D eigenvalue weighted by atomic mass is 35.5. The summed E-state index contributed by atoms with van der Waals surface area (Å²) in [5.41, 5.74) is 0.743. The third-order valence-electron chi connectivity index (χ3n) is 7.76. The van der Waals surface area contributed by atoms with Gasteiger partial charge >= 0.3 is 0 Å². The molecule has 1 fully saturated rings. The fraction of sp³-hybridized carbons (Fsp3) is 0.200. The summed E-state index contributed by atoms with van der Waals surface area (Å²) in [4.78, 5) is 41.6. The Kier molecular flexibility index (Phi) is 6.43. The molecule has 0 saturated heterocycles. The first-order valence-electron chi connectivity index (χ1n) is 12.9. The number of nitrogens with zero attached hydrogens (tertiary/aromatic N) is 2. The van der Waals surface area contributed by atoms with Crippen molar-refractivity contribution in [1.82, 2.24) is 14.9 Å². The van der Waals surface area contributed by atoms with Crippen LogP contribution >= 0.6 is 11.6 Å². The number of benzene rings is 2. The van der Waals surface area contributed by atoms with Crippen LogP contribution in [-0.2, 0) is 9.84 Å². The van der Waals surface area contributed by atoms with Gasteiger partial charge in [-0.05, 0) is 73.1 Å². The number of aromatic nitrogens is 2. The number of aryl methyl sites for hydroxylation is 2. The lowest BCUT2D eigenvalue weighted by molar-refractivity contribution is 0.0879. The number of fused-ring (bicyclic) bond motifs is 1. The number of imide groups is 1. The maximum Gasteiger partial charge on any atom is 0.274 e. The van der Waals surface area contributed by atoms with Crippen molar-refractivity contribution in [1.29, 1.82) is 0 Å². The molecule has 2 amide bonds. The summed E-state index contributed by atoms with van der Waals surface area (Å²) in [6.07, 6.45) is 2.70. The van der Waals surface area contributed by atoms with E-state index in [4.69, 9.17) is 11.6 Å². The van der Waals surface area contributed by atoms with Crippen molar-refractivity contribution in [2.45, 2.75) is 37.0 Å². The summed E-state index contributed by atoms with van der Waals surface area (Å²) in [5.74, 6) is -3.45. The van der Waals surface area contributed by atoms with Crippen LogP contribution in [0.2, 0.25) is 5.02 Å². The summed E-state index contributed by atoms with van der Waals surface area (Å²) < 4.78 is 56.5. The number of rotatable bonds is 5. The maximum absolute atomic E-state index is 16.1.